The van der Waals surface area contributed by atoms with E-state index < -0.39 is 5.97 Å². The van der Waals surface area contributed by atoms with Crippen molar-refractivity contribution in [2.75, 3.05) is 25.0 Å². The number of hydrogen-bond acceptors (Lipinski definition) is 4. The van der Waals surface area contributed by atoms with Gasteiger partial charge in [-0.15, -0.1) is 0 Å². The summed E-state index contributed by atoms with van der Waals surface area (Å²) < 4.78 is 0. The van der Waals surface area contributed by atoms with Crippen LogP contribution in [0.1, 0.15) is 23.7 Å². The molecule has 1 heterocycles. The number of nitrogens with one attached hydrogen (secondary N) is 1. The average molecular weight is 286 g/mol. The Balaban J connectivity index is 3.07. The molecule has 1 aromatic rings. The highest BCUT2D eigenvalue weighted by atomic mass is 35.5. The molecule has 2 N–H and O–H groups in total. The number of hydrogen-bond donors (Lipinski definition) is 2. The predicted octanol–water partition coefficient (Wildman–Crippen LogP) is 1.40. The quantitative estimate of drug-likeness (QED) is 0.772. The standard InChI is InChI=1S/C12H16ClN3O3/c1-3-4-16(7-11(17)14-2)10-6-8(12(18)19)5-9(13)15-10/h5-6H,3-4,7H2,1-2H3,(H,14,17)(H,18,19). The molecule has 0 saturated heterocycles. The number of carbonyl (C=O) groups excluding carboxylic acids is 1. The number of aromatic nitrogens is 1. The number of rotatable bonds is 6. The number of carboxylic acid groups (broad SMARTS) is 1. The highest BCUT2D eigenvalue weighted by Crippen LogP contribution is 2.18. The summed E-state index contributed by atoms with van der Waals surface area (Å²) in [6.07, 6.45) is 0.799. The first kappa shape index (κ1) is 15.2. The van der Waals surface area contributed by atoms with Crippen molar-refractivity contribution < 1.29 is 14.7 Å². The first-order chi connectivity index (χ1) is 8.97. The average Bonchev–Trinajstić information content (AvgIpc) is 2.37. The van der Waals surface area contributed by atoms with Crippen molar-refractivity contribution in [3.63, 3.8) is 0 Å². The molecule has 0 atom stereocenters. The number of halogens is 1. The van der Waals surface area contributed by atoms with E-state index in [0.717, 1.165) is 6.42 Å². The fourth-order valence-electron chi connectivity index (χ4n) is 1.57. The number of carboxylic acids is 1. The van der Waals surface area contributed by atoms with E-state index in [1.54, 1.807) is 11.9 Å². The van der Waals surface area contributed by atoms with Crippen molar-refractivity contribution in [1.29, 1.82) is 0 Å². The molecule has 1 rings (SSSR count). The summed E-state index contributed by atoms with van der Waals surface area (Å²) >= 11 is 5.81. The normalized spacial score (nSPS) is 10.1. The molecule has 0 unspecified atom stereocenters. The third-order valence-corrected chi connectivity index (χ3v) is 2.65. The van der Waals surface area contributed by atoms with Gasteiger partial charge in [0.15, 0.2) is 0 Å². The molecule has 0 spiro atoms. The largest absolute Gasteiger partial charge is 0.478 e. The van der Waals surface area contributed by atoms with Gasteiger partial charge in [0.1, 0.15) is 11.0 Å². The van der Waals surface area contributed by atoms with Gasteiger partial charge in [-0.25, -0.2) is 9.78 Å². The molecule has 7 heteroatoms. The molecule has 0 aliphatic carbocycles. The zero-order valence-electron chi connectivity index (χ0n) is 10.8. The monoisotopic (exact) mass is 285 g/mol. The SMILES string of the molecule is CCCN(CC(=O)NC)c1cc(C(=O)O)cc(Cl)n1. The fourth-order valence-corrected chi connectivity index (χ4v) is 1.77. The van der Waals surface area contributed by atoms with Gasteiger partial charge < -0.3 is 15.3 Å². The van der Waals surface area contributed by atoms with E-state index in [1.807, 2.05) is 6.92 Å². The van der Waals surface area contributed by atoms with Crippen molar-refractivity contribution >= 4 is 29.3 Å². The van der Waals surface area contributed by atoms with Crippen molar-refractivity contribution in [1.82, 2.24) is 10.3 Å². The lowest BCUT2D eigenvalue weighted by Gasteiger charge is -2.22. The Morgan fingerprint density at radius 3 is 2.68 bits per heavy atom. The topological polar surface area (TPSA) is 82.5 Å². The van der Waals surface area contributed by atoms with E-state index in [0.29, 0.717) is 12.4 Å². The molecule has 1 amide bonds. The molecule has 1 aromatic heterocycles. The summed E-state index contributed by atoms with van der Waals surface area (Å²) in [7, 11) is 1.54. The van der Waals surface area contributed by atoms with Gasteiger partial charge in [0.25, 0.3) is 0 Å². The minimum Gasteiger partial charge on any atom is -0.478 e. The van der Waals surface area contributed by atoms with E-state index in [1.165, 1.54) is 12.1 Å². The highest BCUT2D eigenvalue weighted by molar-refractivity contribution is 6.29. The summed E-state index contributed by atoms with van der Waals surface area (Å²) in [6.45, 7) is 2.65. The van der Waals surface area contributed by atoms with Crippen LogP contribution in [-0.2, 0) is 4.79 Å². The molecular weight excluding hydrogens is 270 g/mol. The van der Waals surface area contributed by atoms with Gasteiger partial charge in [0, 0.05) is 13.6 Å². The van der Waals surface area contributed by atoms with Crippen LogP contribution in [0.5, 0.6) is 0 Å². The van der Waals surface area contributed by atoms with Crippen LogP contribution in [0, 0.1) is 0 Å². The van der Waals surface area contributed by atoms with Crippen molar-refractivity contribution in [2.24, 2.45) is 0 Å². The summed E-state index contributed by atoms with van der Waals surface area (Å²) in [5, 5.41) is 11.6. The fraction of sp³-hybridized carbons (Fsp3) is 0.417. The van der Waals surface area contributed by atoms with E-state index in [2.05, 4.69) is 10.3 Å². The summed E-state index contributed by atoms with van der Waals surface area (Å²) in [5.41, 5.74) is 0.0491. The minimum atomic E-state index is -1.08. The Morgan fingerprint density at radius 1 is 1.47 bits per heavy atom. The second kappa shape index (κ2) is 6.94. The van der Waals surface area contributed by atoms with Gasteiger partial charge in [-0.1, -0.05) is 18.5 Å². The number of nitrogens with zero attached hydrogens (tertiary/aromatic N) is 2. The van der Waals surface area contributed by atoms with Crippen LogP contribution in [0.3, 0.4) is 0 Å². The summed E-state index contributed by atoms with van der Waals surface area (Å²) in [6, 6.07) is 2.68. The van der Waals surface area contributed by atoms with Crippen LogP contribution < -0.4 is 10.2 Å². The van der Waals surface area contributed by atoms with Crippen molar-refractivity contribution in [3.8, 4) is 0 Å². The first-order valence-corrected chi connectivity index (χ1v) is 6.22. The van der Waals surface area contributed by atoms with E-state index in [-0.39, 0.29) is 23.2 Å². The predicted molar refractivity (Wildman–Crippen MR) is 72.8 cm³/mol. The number of pyridine rings is 1. The Morgan fingerprint density at radius 2 is 2.16 bits per heavy atom. The Kier molecular flexibility index (Phi) is 5.57. The van der Waals surface area contributed by atoms with Crippen LogP contribution in [-0.4, -0.2) is 42.1 Å². The van der Waals surface area contributed by atoms with Gasteiger partial charge in [0.05, 0.1) is 12.1 Å². The third kappa shape index (κ3) is 4.40. The molecule has 0 radical (unpaired) electrons. The van der Waals surface area contributed by atoms with Crippen LogP contribution in [0.2, 0.25) is 5.15 Å². The molecule has 19 heavy (non-hydrogen) atoms. The minimum absolute atomic E-state index is 0.0491. The number of aromatic carboxylic acids is 1. The third-order valence-electron chi connectivity index (χ3n) is 2.46. The molecule has 0 aromatic carbocycles. The number of amides is 1. The molecule has 0 saturated carbocycles. The zero-order valence-corrected chi connectivity index (χ0v) is 11.6. The smallest absolute Gasteiger partial charge is 0.335 e. The maximum atomic E-state index is 11.4. The lowest BCUT2D eigenvalue weighted by atomic mass is 10.2. The Hall–Kier alpha value is -1.82. The first-order valence-electron chi connectivity index (χ1n) is 5.84. The summed E-state index contributed by atoms with van der Waals surface area (Å²) in [5.74, 6) is -0.871. The molecule has 6 nitrogen and oxygen atoms in total. The lowest BCUT2D eigenvalue weighted by Crippen LogP contribution is -2.36. The molecule has 104 valence electrons. The van der Waals surface area contributed by atoms with Gasteiger partial charge in [-0.2, -0.15) is 0 Å². The zero-order chi connectivity index (χ0) is 14.4. The lowest BCUT2D eigenvalue weighted by molar-refractivity contribution is -0.119. The summed E-state index contributed by atoms with van der Waals surface area (Å²) in [4.78, 5) is 28.2. The van der Waals surface area contributed by atoms with Gasteiger partial charge in [0.2, 0.25) is 5.91 Å². The molecule has 0 aliphatic rings. The number of likely N-dealkylation sites (N-methyl/N-ethyl adjacent to an activating group) is 1. The Bertz CT molecular complexity index is 479. The molecular formula is C12H16ClN3O3. The number of anilines is 1. The van der Waals surface area contributed by atoms with Gasteiger partial charge in [-0.05, 0) is 18.6 Å². The van der Waals surface area contributed by atoms with E-state index in [9.17, 15) is 9.59 Å². The highest BCUT2D eigenvalue weighted by Gasteiger charge is 2.15. The van der Waals surface area contributed by atoms with E-state index in [4.69, 9.17) is 16.7 Å². The second-order valence-electron chi connectivity index (χ2n) is 3.94. The van der Waals surface area contributed by atoms with Crippen LogP contribution in [0.25, 0.3) is 0 Å². The number of carbonyl (C=O) groups is 2. The van der Waals surface area contributed by atoms with Crippen LogP contribution >= 0.6 is 11.6 Å². The van der Waals surface area contributed by atoms with Crippen LogP contribution in [0.4, 0.5) is 5.82 Å². The maximum Gasteiger partial charge on any atom is 0.335 e. The van der Waals surface area contributed by atoms with Crippen molar-refractivity contribution in [3.05, 3.63) is 22.8 Å². The Labute approximate surface area is 116 Å². The maximum absolute atomic E-state index is 11.4. The molecule has 0 bridgehead atoms. The molecule has 0 aliphatic heterocycles. The second-order valence-corrected chi connectivity index (χ2v) is 4.32. The molecule has 0 fully saturated rings. The van der Waals surface area contributed by atoms with Gasteiger partial charge in [-0.3, -0.25) is 4.79 Å². The van der Waals surface area contributed by atoms with E-state index >= 15 is 0 Å². The van der Waals surface area contributed by atoms with Crippen molar-refractivity contribution in [2.45, 2.75) is 13.3 Å². The van der Waals surface area contributed by atoms with Crippen LogP contribution in [0.15, 0.2) is 12.1 Å². The van der Waals surface area contributed by atoms with Gasteiger partial charge >= 0.3 is 5.97 Å².